The van der Waals surface area contributed by atoms with E-state index >= 15 is 0 Å². The van der Waals surface area contributed by atoms with Gasteiger partial charge in [-0.2, -0.15) is 15.8 Å². The predicted molar refractivity (Wildman–Crippen MR) is 90.7 cm³/mol. The molecular formula is C20H12N4O. The highest BCUT2D eigenvalue weighted by Crippen LogP contribution is 2.44. The molecule has 1 heterocycles. The second-order valence-corrected chi connectivity index (χ2v) is 5.40. The van der Waals surface area contributed by atoms with Crippen molar-refractivity contribution >= 4 is 5.57 Å². The molecule has 0 spiro atoms. The second-order valence-electron chi connectivity index (χ2n) is 5.40. The van der Waals surface area contributed by atoms with Gasteiger partial charge in [0.1, 0.15) is 18.2 Å². The molecule has 0 aromatic heterocycles. The molecule has 1 unspecified atom stereocenters. The first-order chi connectivity index (χ1) is 12.2. The summed E-state index contributed by atoms with van der Waals surface area (Å²) in [5.41, 5.74) is -0.401. The number of hydrogen-bond acceptors (Lipinski definition) is 5. The molecule has 25 heavy (non-hydrogen) atoms. The summed E-state index contributed by atoms with van der Waals surface area (Å²) < 4.78 is 0. The van der Waals surface area contributed by atoms with Gasteiger partial charge in [0.15, 0.2) is 11.3 Å². The maximum atomic E-state index is 11.4. The van der Waals surface area contributed by atoms with Crippen LogP contribution in [0.1, 0.15) is 11.1 Å². The molecule has 1 aliphatic heterocycles. The van der Waals surface area contributed by atoms with Crippen LogP contribution in [0.3, 0.4) is 0 Å². The van der Waals surface area contributed by atoms with Gasteiger partial charge in [-0.05, 0) is 5.56 Å². The molecule has 5 nitrogen and oxygen atoms in total. The molecule has 0 saturated heterocycles. The predicted octanol–water partition coefficient (Wildman–Crippen LogP) is 2.71. The Kier molecular flexibility index (Phi) is 4.06. The van der Waals surface area contributed by atoms with Gasteiger partial charge < -0.3 is 10.4 Å². The molecule has 0 saturated carbocycles. The lowest BCUT2D eigenvalue weighted by molar-refractivity contribution is 0.0811. The Morgan fingerprint density at radius 2 is 1.44 bits per heavy atom. The minimum absolute atomic E-state index is 0.0395. The zero-order valence-corrected chi connectivity index (χ0v) is 13.1. The minimum Gasteiger partial charge on any atom is -0.363 e. The van der Waals surface area contributed by atoms with Gasteiger partial charge in [-0.1, -0.05) is 60.7 Å². The molecule has 0 bridgehead atoms. The van der Waals surface area contributed by atoms with E-state index in [-0.39, 0.29) is 16.8 Å². The van der Waals surface area contributed by atoms with E-state index in [1.807, 2.05) is 18.2 Å². The maximum Gasteiger partial charge on any atom is 0.191 e. The lowest BCUT2D eigenvalue weighted by Crippen LogP contribution is -2.38. The molecule has 3 rings (SSSR count). The van der Waals surface area contributed by atoms with Crippen molar-refractivity contribution in [2.45, 2.75) is 5.72 Å². The van der Waals surface area contributed by atoms with Crippen molar-refractivity contribution in [1.29, 1.82) is 15.8 Å². The van der Waals surface area contributed by atoms with Crippen LogP contribution >= 0.6 is 0 Å². The Balaban J connectivity index is 2.37. The van der Waals surface area contributed by atoms with E-state index in [1.165, 1.54) is 0 Å². The first-order valence-electron chi connectivity index (χ1n) is 7.47. The topological polar surface area (TPSA) is 104 Å². The molecule has 2 aromatic carbocycles. The smallest absolute Gasteiger partial charge is 0.191 e. The molecule has 1 atom stereocenters. The summed E-state index contributed by atoms with van der Waals surface area (Å²) in [5, 5.41) is 42.3. The quantitative estimate of drug-likeness (QED) is 0.827. The Morgan fingerprint density at radius 3 is 1.96 bits per heavy atom. The van der Waals surface area contributed by atoms with Crippen LogP contribution in [-0.2, 0) is 5.72 Å². The van der Waals surface area contributed by atoms with Gasteiger partial charge in [0, 0.05) is 11.1 Å². The third-order valence-electron chi connectivity index (χ3n) is 4.01. The molecule has 2 aromatic rings. The number of benzene rings is 2. The van der Waals surface area contributed by atoms with Crippen molar-refractivity contribution in [3.8, 4) is 18.2 Å². The van der Waals surface area contributed by atoms with Crippen LogP contribution in [0.5, 0.6) is 0 Å². The van der Waals surface area contributed by atoms with Crippen LogP contribution in [0.15, 0.2) is 77.5 Å². The van der Waals surface area contributed by atoms with Crippen LogP contribution in [0.4, 0.5) is 0 Å². The minimum atomic E-state index is -1.72. The number of allylic oxidation sites excluding steroid dienone is 2. The summed E-state index contributed by atoms with van der Waals surface area (Å²) in [6.07, 6.45) is 0. The fourth-order valence-corrected chi connectivity index (χ4v) is 2.90. The molecule has 0 fully saturated rings. The lowest BCUT2D eigenvalue weighted by Gasteiger charge is -2.28. The van der Waals surface area contributed by atoms with Crippen molar-refractivity contribution in [2.24, 2.45) is 0 Å². The Morgan fingerprint density at radius 1 is 0.880 bits per heavy atom. The Bertz CT molecular complexity index is 986. The maximum absolute atomic E-state index is 11.4. The first-order valence-corrected chi connectivity index (χ1v) is 7.47. The molecule has 118 valence electrons. The van der Waals surface area contributed by atoms with E-state index in [9.17, 15) is 20.9 Å². The summed E-state index contributed by atoms with van der Waals surface area (Å²) >= 11 is 0. The number of hydrogen-bond donors (Lipinski definition) is 2. The molecule has 2 N–H and O–H groups in total. The molecule has 0 aliphatic carbocycles. The summed E-state index contributed by atoms with van der Waals surface area (Å²) in [4.78, 5) is 0. The third kappa shape index (κ3) is 2.54. The highest BCUT2D eigenvalue weighted by molar-refractivity contribution is 5.86. The van der Waals surface area contributed by atoms with Crippen LogP contribution in [0, 0.1) is 34.0 Å². The van der Waals surface area contributed by atoms with E-state index in [1.54, 1.807) is 60.7 Å². The van der Waals surface area contributed by atoms with Crippen LogP contribution in [0.2, 0.25) is 0 Å². The Hall–Kier alpha value is -3.85. The fourth-order valence-electron chi connectivity index (χ4n) is 2.90. The van der Waals surface area contributed by atoms with Crippen molar-refractivity contribution in [3.05, 3.63) is 88.6 Å². The average Bonchev–Trinajstić information content (AvgIpc) is 2.98. The van der Waals surface area contributed by atoms with Crippen molar-refractivity contribution in [2.75, 3.05) is 0 Å². The van der Waals surface area contributed by atoms with Gasteiger partial charge in [0.05, 0.1) is 11.3 Å². The first kappa shape index (κ1) is 16.0. The van der Waals surface area contributed by atoms with Gasteiger partial charge in [0.25, 0.3) is 0 Å². The van der Waals surface area contributed by atoms with Gasteiger partial charge in [-0.25, -0.2) is 0 Å². The molecular weight excluding hydrogens is 312 g/mol. The van der Waals surface area contributed by atoms with Crippen molar-refractivity contribution in [1.82, 2.24) is 5.32 Å². The van der Waals surface area contributed by atoms with E-state index < -0.39 is 5.72 Å². The molecule has 0 radical (unpaired) electrons. The average molecular weight is 324 g/mol. The fraction of sp³-hybridized carbons (Fsp3) is 0.0500. The van der Waals surface area contributed by atoms with Gasteiger partial charge in [-0.3, -0.25) is 0 Å². The van der Waals surface area contributed by atoms with Crippen LogP contribution in [0.25, 0.3) is 5.57 Å². The van der Waals surface area contributed by atoms with Crippen molar-refractivity contribution < 1.29 is 5.11 Å². The van der Waals surface area contributed by atoms with Gasteiger partial charge in [-0.15, -0.1) is 0 Å². The molecule has 5 heteroatoms. The summed E-state index contributed by atoms with van der Waals surface area (Å²) in [7, 11) is 0. The summed E-state index contributed by atoms with van der Waals surface area (Å²) in [6, 6.07) is 23.3. The molecule has 0 amide bonds. The van der Waals surface area contributed by atoms with Crippen LogP contribution < -0.4 is 5.32 Å². The number of nitrogens with zero attached hydrogens (tertiary/aromatic N) is 3. The zero-order valence-electron chi connectivity index (χ0n) is 13.1. The van der Waals surface area contributed by atoms with Crippen molar-refractivity contribution in [3.63, 3.8) is 0 Å². The summed E-state index contributed by atoms with van der Waals surface area (Å²) in [6.45, 7) is 0. The van der Waals surface area contributed by atoms with Crippen LogP contribution in [-0.4, -0.2) is 5.11 Å². The highest BCUT2D eigenvalue weighted by atomic mass is 16.3. The van der Waals surface area contributed by atoms with E-state index in [2.05, 4.69) is 5.32 Å². The SMILES string of the molecule is N#CC(C#N)=C1NC(O)(c2ccccc2)C(c2ccccc2)=C1C#N. The van der Waals surface area contributed by atoms with Gasteiger partial charge >= 0.3 is 0 Å². The monoisotopic (exact) mass is 324 g/mol. The number of nitrogens with one attached hydrogen (secondary N) is 1. The largest absolute Gasteiger partial charge is 0.363 e. The van der Waals surface area contributed by atoms with E-state index in [4.69, 9.17) is 0 Å². The standard InChI is InChI=1S/C20H12N4O/c21-11-15(12-22)19-17(13-23)18(14-7-3-1-4-8-14)20(25,24-19)16-9-5-2-6-10-16/h1-10,24-25H. The van der Waals surface area contributed by atoms with Gasteiger partial charge in [0.2, 0.25) is 0 Å². The number of aliphatic hydroxyl groups is 1. The zero-order chi connectivity index (χ0) is 17.9. The summed E-state index contributed by atoms with van der Waals surface area (Å²) in [5.74, 6) is 0. The van der Waals surface area contributed by atoms with E-state index in [0.717, 1.165) is 0 Å². The third-order valence-corrected chi connectivity index (χ3v) is 4.01. The number of rotatable bonds is 2. The normalized spacial score (nSPS) is 18.7. The molecule has 1 aliphatic rings. The lowest BCUT2D eigenvalue weighted by atomic mass is 9.89. The number of nitriles is 3. The second kappa shape index (κ2) is 6.34. The Labute approximate surface area is 145 Å². The van der Waals surface area contributed by atoms with E-state index in [0.29, 0.717) is 16.7 Å². The highest BCUT2D eigenvalue weighted by Gasteiger charge is 2.45.